The van der Waals surface area contributed by atoms with E-state index in [1.807, 2.05) is 0 Å². The van der Waals surface area contributed by atoms with Gasteiger partial charge in [-0.2, -0.15) is 0 Å². The summed E-state index contributed by atoms with van der Waals surface area (Å²) in [5.74, 6) is -2.46. The number of carbonyl (C=O) groups is 2. The van der Waals surface area contributed by atoms with E-state index >= 15 is 0 Å². The zero-order valence-electron chi connectivity index (χ0n) is 15.2. The fourth-order valence-corrected chi connectivity index (χ4v) is 2.26. The highest BCUT2D eigenvalue weighted by molar-refractivity contribution is 5.99. The number of hydrogen-bond acceptors (Lipinski definition) is 7. The minimum absolute atomic E-state index is 0.0519. The molecule has 1 amide bonds. The Balaban J connectivity index is 2.22. The van der Waals surface area contributed by atoms with E-state index in [0.29, 0.717) is 0 Å². The number of nitrogens with one attached hydrogen (secondary N) is 1. The Hall–Kier alpha value is -3.69. The lowest BCUT2D eigenvalue weighted by Crippen LogP contribution is -2.30. The van der Waals surface area contributed by atoms with Crippen LogP contribution in [0.15, 0.2) is 36.4 Å². The number of anilines is 1. The molecule has 9 nitrogen and oxygen atoms in total. The number of carbonyl (C=O) groups excluding carboxylic acids is 2. The van der Waals surface area contributed by atoms with Gasteiger partial charge in [0.15, 0.2) is 17.6 Å². The molecule has 2 aromatic carbocycles. The van der Waals surface area contributed by atoms with Crippen molar-refractivity contribution in [2.75, 3.05) is 19.5 Å². The number of benzene rings is 2. The fraction of sp³-hybridized carbons (Fsp3) is 0.222. The van der Waals surface area contributed by atoms with Gasteiger partial charge in [-0.05, 0) is 19.1 Å². The van der Waals surface area contributed by atoms with Crippen LogP contribution in [0.2, 0.25) is 0 Å². The average molecular weight is 392 g/mol. The molecule has 0 bridgehead atoms. The van der Waals surface area contributed by atoms with Crippen LogP contribution in [-0.2, 0) is 9.53 Å². The van der Waals surface area contributed by atoms with Gasteiger partial charge in [-0.15, -0.1) is 0 Å². The van der Waals surface area contributed by atoms with E-state index < -0.39 is 40.0 Å². The number of nitro benzene ring substituents is 1. The Labute approximate surface area is 159 Å². The van der Waals surface area contributed by atoms with Crippen LogP contribution in [0.5, 0.6) is 11.5 Å². The molecule has 0 aromatic heterocycles. The lowest BCUT2D eigenvalue weighted by Gasteiger charge is -2.15. The molecular formula is C18H17FN2O7. The predicted octanol–water partition coefficient (Wildman–Crippen LogP) is 2.94. The molecule has 0 saturated heterocycles. The van der Waals surface area contributed by atoms with Crippen molar-refractivity contribution in [2.24, 2.45) is 0 Å². The largest absolute Gasteiger partial charge is 0.493 e. The Morgan fingerprint density at radius 3 is 2.32 bits per heavy atom. The maximum absolute atomic E-state index is 13.6. The van der Waals surface area contributed by atoms with E-state index in [9.17, 15) is 24.1 Å². The van der Waals surface area contributed by atoms with E-state index in [1.54, 1.807) is 0 Å². The first-order valence-electron chi connectivity index (χ1n) is 7.95. The number of ether oxygens (including phenoxy) is 3. The van der Waals surface area contributed by atoms with Gasteiger partial charge in [-0.25, -0.2) is 9.18 Å². The second-order valence-corrected chi connectivity index (χ2v) is 5.50. The van der Waals surface area contributed by atoms with Gasteiger partial charge in [0, 0.05) is 6.07 Å². The molecule has 0 radical (unpaired) electrons. The molecule has 148 valence electrons. The van der Waals surface area contributed by atoms with E-state index in [0.717, 1.165) is 18.2 Å². The summed E-state index contributed by atoms with van der Waals surface area (Å²) in [6.45, 7) is 1.25. The maximum Gasteiger partial charge on any atom is 0.346 e. The molecule has 0 aliphatic rings. The van der Waals surface area contributed by atoms with Gasteiger partial charge in [0.1, 0.15) is 11.4 Å². The average Bonchev–Trinajstić information content (AvgIpc) is 2.68. The normalized spacial score (nSPS) is 11.3. The van der Waals surface area contributed by atoms with Crippen LogP contribution < -0.4 is 14.8 Å². The molecule has 0 aliphatic carbocycles. The first-order chi connectivity index (χ1) is 13.3. The predicted molar refractivity (Wildman–Crippen MR) is 96.1 cm³/mol. The summed E-state index contributed by atoms with van der Waals surface area (Å²) in [5, 5.41) is 13.5. The molecule has 0 aliphatic heterocycles. The highest BCUT2D eigenvalue weighted by Crippen LogP contribution is 2.35. The summed E-state index contributed by atoms with van der Waals surface area (Å²) in [6, 6.07) is 7.55. The Bertz CT molecular complexity index is 917. The monoisotopic (exact) mass is 392 g/mol. The highest BCUT2D eigenvalue weighted by atomic mass is 19.1. The summed E-state index contributed by atoms with van der Waals surface area (Å²) >= 11 is 0. The molecule has 0 unspecified atom stereocenters. The second-order valence-electron chi connectivity index (χ2n) is 5.50. The van der Waals surface area contributed by atoms with Crippen molar-refractivity contribution in [1.29, 1.82) is 0 Å². The van der Waals surface area contributed by atoms with Crippen molar-refractivity contribution < 1.29 is 33.1 Å². The number of halogens is 1. The summed E-state index contributed by atoms with van der Waals surface area (Å²) in [4.78, 5) is 35.0. The van der Waals surface area contributed by atoms with Gasteiger partial charge in [0.25, 0.3) is 11.6 Å². The first-order valence-corrected chi connectivity index (χ1v) is 7.95. The number of amides is 1. The molecule has 28 heavy (non-hydrogen) atoms. The van der Waals surface area contributed by atoms with Gasteiger partial charge < -0.3 is 19.5 Å². The van der Waals surface area contributed by atoms with Crippen molar-refractivity contribution in [2.45, 2.75) is 13.0 Å². The zero-order chi connectivity index (χ0) is 20.8. The van der Waals surface area contributed by atoms with Crippen LogP contribution in [0.1, 0.15) is 17.3 Å². The third kappa shape index (κ3) is 4.53. The third-order valence-electron chi connectivity index (χ3n) is 3.70. The molecule has 0 fully saturated rings. The summed E-state index contributed by atoms with van der Waals surface area (Å²) < 4.78 is 28.6. The van der Waals surface area contributed by atoms with Crippen molar-refractivity contribution in [1.82, 2.24) is 0 Å². The Morgan fingerprint density at radius 2 is 1.75 bits per heavy atom. The first kappa shape index (κ1) is 20.6. The lowest BCUT2D eigenvalue weighted by atomic mass is 10.1. The Morgan fingerprint density at radius 1 is 1.14 bits per heavy atom. The van der Waals surface area contributed by atoms with Crippen LogP contribution in [0.4, 0.5) is 15.8 Å². The van der Waals surface area contributed by atoms with Crippen molar-refractivity contribution >= 4 is 23.3 Å². The Kier molecular flexibility index (Phi) is 6.48. The van der Waals surface area contributed by atoms with Gasteiger partial charge in [0.05, 0.1) is 30.9 Å². The lowest BCUT2D eigenvalue weighted by molar-refractivity contribution is -0.385. The van der Waals surface area contributed by atoms with Crippen LogP contribution in [0.3, 0.4) is 0 Å². The van der Waals surface area contributed by atoms with E-state index in [2.05, 4.69) is 5.32 Å². The molecular weight excluding hydrogens is 375 g/mol. The molecule has 0 saturated carbocycles. The van der Waals surface area contributed by atoms with Crippen molar-refractivity contribution in [3.05, 3.63) is 57.9 Å². The molecule has 1 N–H and O–H groups in total. The number of methoxy groups -OCH3 is 2. The molecule has 10 heteroatoms. The number of esters is 1. The standard InChI is InChI=1S/C18H17FN2O7/c1-10(17(22)20-13-7-5-4-6-12(13)19)28-18(23)11-8-15(26-2)16(27-3)9-14(11)21(24)25/h4-10H,1-3H3,(H,20,22)/t10-/m1/s1. The van der Waals surface area contributed by atoms with Gasteiger partial charge in [0.2, 0.25) is 0 Å². The number of rotatable bonds is 7. The second kappa shape index (κ2) is 8.80. The smallest absolute Gasteiger partial charge is 0.346 e. The summed E-state index contributed by atoms with van der Waals surface area (Å²) in [6.07, 6.45) is -1.35. The third-order valence-corrected chi connectivity index (χ3v) is 3.70. The zero-order valence-corrected chi connectivity index (χ0v) is 15.2. The molecule has 2 aromatic rings. The molecule has 1 atom stereocenters. The molecule has 0 heterocycles. The minimum atomic E-state index is -1.35. The van der Waals surface area contributed by atoms with Crippen molar-refractivity contribution in [3.8, 4) is 11.5 Å². The highest BCUT2D eigenvalue weighted by Gasteiger charge is 2.28. The number of nitrogens with zero attached hydrogens (tertiary/aromatic N) is 1. The summed E-state index contributed by atoms with van der Waals surface area (Å²) in [7, 11) is 2.58. The number of nitro groups is 1. The van der Waals surface area contributed by atoms with Crippen LogP contribution >= 0.6 is 0 Å². The number of hydrogen-bond donors (Lipinski definition) is 1. The van der Waals surface area contributed by atoms with Crippen LogP contribution in [0, 0.1) is 15.9 Å². The van der Waals surface area contributed by atoms with E-state index in [1.165, 1.54) is 39.3 Å². The van der Waals surface area contributed by atoms with Crippen molar-refractivity contribution in [3.63, 3.8) is 0 Å². The van der Waals surface area contributed by atoms with Crippen LogP contribution in [-0.4, -0.2) is 37.1 Å². The minimum Gasteiger partial charge on any atom is -0.493 e. The molecule has 2 rings (SSSR count). The van der Waals surface area contributed by atoms with Gasteiger partial charge in [-0.3, -0.25) is 14.9 Å². The van der Waals surface area contributed by atoms with Gasteiger partial charge >= 0.3 is 5.97 Å². The fourth-order valence-electron chi connectivity index (χ4n) is 2.26. The van der Waals surface area contributed by atoms with E-state index in [4.69, 9.17) is 14.2 Å². The topological polar surface area (TPSA) is 117 Å². The summed E-state index contributed by atoms with van der Waals surface area (Å²) in [5.41, 5.74) is -1.09. The van der Waals surface area contributed by atoms with Crippen LogP contribution in [0.25, 0.3) is 0 Å². The van der Waals surface area contributed by atoms with E-state index in [-0.39, 0.29) is 17.2 Å². The SMILES string of the molecule is COc1cc(C(=O)O[C@H](C)C(=O)Nc2ccccc2F)c([N+](=O)[O-])cc1OC. The molecule has 0 spiro atoms. The van der Waals surface area contributed by atoms with Gasteiger partial charge in [-0.1, -0.05) is 12.1 Å². The number of para-hydroxylation sites is 1. The maximum atomic E-state index is 13.6. The quantitative estimate of drug-likeness (QED) is 0.437.